The van der Waals surface area contributed by atoms with Crippen molar-refractivity contribution in [3.05, 3.63) is 35.9 Å². The number of amides is 2. The zero-order valence-corrected chi connectivity index (χ0v) is 18.1. The molecule has 29 heavy (non-hydrogen) atoms. The fourth-order valence-corrected chi connectivity index (χ4v) is 5.72. The molecular formula is C20H27N3O4S2. The predicted octanol–water partition coefficient (Wildman–Crippen LogP) is 2.18. The van der Waals surface area contributed by atoms with E-state index in [4.69, 9.17) is 0 Å². The molecule has 2 aliphatic heterocycles. The molecule has 7 nitrogen and oxygen atoms in total. The van der Waals surface area contributed by atoms with Crippen molar-refractivity contribution in [2.24, 2.45) is 0 Å². The van der Waals surface area contributed by atoms with Crippen molar-refractivity contribution in [1.82, 2.24) is 15.3 Å². The van der Waals surface area contributed by atoms with Crippen LogP contribution in [0.1, 0.15) is 31.2 Å². The van der Waals surface area contributed by atoms with E-state index in [9.17, 15) is 19.5 Å². The number of aliphatic carboxylic acids is 1. The molecule has 2 fully saturated rings. The first-order chi connectivity index (χ1) is 14.0. The van der Waals surface area contributed by atoms with Crippen LogP contribution in [-0.2, 0) is 20.8 Å². The average molecular weight is 438 g/mol. The van der Waals surface area contributed by atoms with Crippen molar-refractivity contribution in [3.63, 3.8) is 0 Å². The third-order valence-corrected chi connectivity index (χ3v) is 7.38. The summed E-state index contributed by atoms with van der Waals surface area (Å²) in [5.41, 5.74) is 1.06. The van der Waals surface area contributed by atoms with Gasteiger partial charge in [-0.1, -0.05) is 51.9 Å². The number of hydrogen-bond donors (Lipinski definition) is 2. The fourth-order valence-electron chi connectivity index (χ4n) is 3.91. The number of benzene rings is 1. The summed E-state index contributed by atoms with van der Waals surface area (Å²) < 4.78 is 0. The lowest BCUT2D eigenvalue weighted by Crippen LogP contribution is -2.61. The first kappa shape index (κ1) is 22.0. The van der Waals surface area contributed by atoms with E-state index in [2.05, 4.69) is 5.32 Å². The summed E-state index contributed by atoms with van der Waals surface area (Å²) in [6, 6.07) is 8.26. The van der Waals surface area contributed by atoms with Crippen LogP contribution in [0, 0.1) is 0 Å². The highest BCUT2D eigenvalue weighted by atomic mass is 33.1. The van der Waals surface area contributed by atoms with Gasteiger partial charge in [0.25, 0.3) is 5.91 Å². The molecule has 2 heterocycles. The van der Waals surface area contributed by atoms with Gasteiger partial charge < -0.3 is 10.4 Å². The number of rotatable bonds is 7. The fraction of sp³-hybridized carbons (Fsp3) is 0.550. The van der Waals surface area contributed by atoms with Crippen LogP contribution < -0.4 is 5.32 Å². The van der Waals surface area contributed by atoms with Gasteiger partial charge in [0, 0.05) is 13.1 Å². The van der Waals surface area contributed by atoms with Gasteiger partial charge in [-0.3, -0.25) is 14.6 Å². The van der Waals surface area contributed by atoms with Gasteiger partial charge in [-0.2, -0.15) is 0 Å². The van der Waals surface area contributed by atoms with Crippen LogP contribution in [0.2, 0.25) is 0 Å². The lowest BCUT2D eigenvalue weighted by atomic mass is 10.1. The third-order valence-electron chi connectivity index (χ3n) is 5.30. The summed E-state index contributed by atoms with van der Waals surface area (Å²) in [5.74, 6) is -1.48. The Hall–Kier alpha value is -1.71. The van der Waals surface area contributed by atoms with Gasteiger partial charge in [0.1, 0.15) is 12.1 Å². The summed E-state index contributed by atoms with van der Waals surface area (Å²) in [6.07, 6.45) is 4.95. The summed E-state index contributed by atoms with van der Waals surface area (Å²) in [7, 11) is 3.00. The van der Waals surface area contributed by atoms with Crippen LogP contribution in [0.5, 0.6) is 0 Å². The Morgan fingerprint density at radius 2 is 1.90 bits per heavy atom. The van der Waals surface area contributed by atoms with Crippen LogP contribution in [0.25, 0.3) is 0 Å². The molecule has 1 aromatic carbocycles. The Kier molecular flexibility index (Phi) is 7.85. The molecule has 2 N–H and O–H groups in total. The Labute approximate surface area is 178 Å². The maximum Gasteiger partial charge on any atom is 0.328 e. The number of carboxylic acid groups (broad SMARTS) is 1. The Morgan fingerprint density at radius 3 is 2.55 bits per heavy atom. The zero-order valence-electron chi connectivity index (χ0n) is 16.5. The van der Waals surface area contributed by atoms with Crippen molar-refractivity contribution >= 4 is 39.4 Å². The molecule has 3 atom stereocenters. The quantitative estimate of drug-likeness (QED) is 0.632. The molecule has 2 aliphatic rings. The molecule has 0 spiro atoms. The topological polar surface area (TPSA) is 89.9 Å². The van der Waals surface area contributed by atoms with Gasteiger partial charge >= 0.3 is 5.97 Å². The van der Waals surface area contributed by atoms with Gasteiger partial charge in [-0.05, 0) is 43.9 Å². The molecule has 2 amide bonds. The van der Waals surface area contributed by atoms with Gasteiger partial charge in [0.05, 0.1) is 5.25 Å². The van der Waals surface area contributed by atoms with Crippen molar-refractivity contribution in [2.75, 3.05) is 19.3 Å². The number of carboxylic acids is 1. The van der Waals surface area contributed by atoms with Crippen molar-refractivity contribution in [1.29, 1.82) is 0 Å². The number of fused-ring (bicyclic) bond motifs is 1. The lowest BCUT2D eigenvalue weighted by molar-refractivity contribution is -0.174. The molecule has 2 saturated heterocycles. The molecule has 0 bridgehead atoms. The first-order valence-corrected chi connectivity index (χ1v) is 12.5. The minimum atomic E-state index is -0.991. The van der Waals surface area contributed by atoms with Crippen LogP contribution >= 0.6 is 21.6 Å². The Morgan fingerprint density at radius 1 is 1.21 bits per heavy atom. The van der Waals surface area contributed by atoms with Crippen molar-refractivity contribution in [3.8, 4) is 0 Å². The summed E-state index contributed by atoms with van der Waals surface area (Å²) >= 11 is 0. The maximum atomic E-state index is 13.2. The highest BCUT2D eigenvalue weighted by molar-refractivity contribution is 8.76. The number of carbonyl (C=O) groups excluding carboxylic acids is 2. The number of hydrazine groups is 1. The minimum absolute atomic E-state index is 0.177. The molecule has 0 radical (unpaired) electrons. The second kappa shape index (κ2) is 10.4. The van der Waals surface area contributed by atoms with Gasteiger partial charge in [0.2, 0.25) is 5.91 Å². The van der Waals surface area contributed by atoms with Gasteiger partial charge in [-0.25, -0.2) is 9.80 Å². The number of carbonyl (C=O) groups is 3. The van der Waals surface area contributed by atoms with E-state index < -0.39 is 18.1 Å². The van der Waals surface area contributed by atoms with Crippen molar-refractivity contribution in [2.45, 2.75) is 49.4 Å². The summed E-state index contributed by atoms with van der Waals surface area (Å²) in [6.45, 7) is 1.31. The van der Waals surface area contributed by atoms with Gasteiger partial charge in [-0.15, -0.1) is 0 Å². The van der Waals surface area contributed by atoms with Crippen LogP contribution in [0.15, 0.2) is 30.3 Å². The highest BCUT2D eigenvalue weighted by Gasteiger charge is 2.42. The van der Waals surface area contributed by atoms with Crippen LogP contribution in [0.4, 0.5) is 0 Å². The summed E-state index contributed by atoms with van der Waals surface area (Å²) in [4.78, 5) is 37.8. The van der Waals surface area contributed by atoms with Gasteiger partial charge in [0.15, 0.2) is 0 Å². The van der Waals surface area contributed by atoms with E-state index >= 15 is 0 Å². The summed E-state index contributed by atoms with van der Waals surface area (Å²) in [5, 5.41) is 15.4. The molecule has 9 heteroatoms. The standard InChI is InChI=1S/C20H27N3O4S2/c1-28-29-17(13-14-7-3-2-4-8-14)18(24)21-15-9-5-11-22-12-6-10-16(20(26)27)23(22)19(15)25/h2-4,7-8,15-17H,5-6,9-13H2,1H3,(H,21,24)(H,26,27). The van der Waals surface area contributed by atoms with Crippen LogP contribution in [-0.4, -0.2) is 69.6 Å². The van der Waals surface area contributed by atoms with E-state index in [1.807, 2.05) is 41.6 Å². The number of hydrogen-bond acceptors (Lipinski definition) is 6. The number of nitrogens with one attached hydrogen (secondary N) is 1. The molecule has 3 unspecified atom stereocenters. The van der Waals surface area contributed by atoms with Crippen LogP contribution in [0.3, 0.4) is 0 Å². The molecule has 0 aromatic heterocycles. The van der Waals surface area contributed by atoms with Crippen molar-refractivity contribution < 1.29 is 19.5 Å². The molecule has 158 valence electrons. The normalized spacial score (nSPS) is 23.8. The zero-order chi connectivity index (χ0) is 20.8. The molecular weight excluding hydrogens is 410 g/mol. The maximum absolute atomic E-state index is 13.2. The second-order valence-electron chi connectivity index (χ2n) is 7.28. The monoisotopic (exact) mass is 437 g/mol. The smallest absolute Gasteiger partial charge is 0.328 e. The Bertz CT molecular complexity index is 734. The lowest BCUT2D eigenvalue weighted by Gasteiger charge is -2.42. The molecule has 1 aromatic rings. The minimum Gasteiger partial charge on any atom is -0.480 e. The molecule has 0 aliphatic carbocycles. The molecule has 3 rings (SSSR count). The van der Waals surface area contributed by atoms with E-state index in [1.165, 1.54) is 26.6 Å². The first-order valence-electron chi connectivity index (χ1n) is 9.85. The highest BCUT2D eigenvalue weighted by Crippen LogP contribution is 2.28. The molecule has 0 saturated carbocycles. The van der Waals surface area contributed by atoms with E-state index in [0.717, 1.165) is 18.4 Å². The average Bonchev–Trinajstić information content (AvgIpc) is 2.87. The second-order valence-corrected chi connectivity index (χ2v) is 9.95. The Balaban J connectivity index is 1.72. The third kappa shape index (κ3) is 5.46. The van der Waals surface area contributed by atoms with E-state index in [0.29, 0.717) is 32.4 Å². The SMILES string of the molecule is CSSC(Cc1ccccc1)C(=O)NC1CCCN2CCCC(C(=O)O)N2C1=O. The van der Waals surface area contributed by atoms with E-state index in [1.54, 1.807) is 0 Å². The predicted molar refractivity (Wildman–Crippen MR) is 115 cm³/mol. The largest absolute Gasteiger partial charge is 0.480 e. The van der Waals surface area contributed by atoms with E-state index in [-0.39, 0.29) is 17.1 Å². The number of nitrogens with zero attached hydrogens (tertiary/aromatic N) is 2.